The minimum atomic E-state index is -1.35. The minimum absolute atomic E-state index is 0. The molecule has 5 N–H and O–H groups in total. The van der Waals surface area contributed by atoms with Gasteiger partial charge in [0.25, 0.3) is 0 Å². The van der Waals surface area contributed by atoms with Crippen molar-refractivity contribution >= 4 is 22.9 Å². The second-order valence-corrected chi connectivity index (χ2v) is 3.63. The van der Waals surface area contributed by atoms with Crippen LogP contribution in [-0.4, -0.2) is 54.8 Å². The summed E-state index contributed by atoms with van der Waals surface area (Å²) < 4.78 is 6.04. The summed E-state index contributed by atoms with van der Waals surface area (Å²) in [5.41, 5.74) is 4.46. The third kappa shape index (κ3) is 2.52. The molecule has 1 fully saturated rings. The van der Waals surface area contributed by atoms with Crippen LogP contribution in [0.4, 0.5) is 5.95 Å². The predicted octanol–water partition coefficient (Wildman–Crippen LogP) is -2.59. The number of hydrogen-bond acceptors (Lipinski definition) is 8. The molecule has 1 aliphatic rings. The van der Waals surface area contributed by atoms with Gasteiger partial charge in [0, 0.05) is 0 Å². The zero-order valence-corrected chi connectivity index (χ0v) is 10.8. The van der Waals surface area contributed by atoms with Gasteiger partial charge in [-0.2, -0.15) is 4.98 Å². The largest absolute Gasteiger partial charge is 0.394 e. The highest BCUT2D eigenvalue weighted by molar-refractivity contribution is 8.93. The molecule has 1 saturated heterocycles. The van der Waals surface area contributed by atoms with Crippen LogP contribution in [0.5, 0.6) is 0 Å². The highest BCUT2D eigenvalue weighted by Crippen LogP contribution is 2.27. The van der Waals surface area contributed by atoms with Crippen molar-refractivity contribution in [3.05, 3.63) is 16.8 Å². The Hall–Kier alpha value is -1.07. The number of aromatic nitrogens is 3. The Kier molecular flexibility index (Phi) is 4.76. The molecule has 1 aromatic rings. The number of nitrogen functional groups attached to an aromatic ring is 1. The van der Waals surface area contributed by atoms with E-state index in [1.807, 2.05) is 0 Å². The topological polar surface area (TPSA) is 144 Å². The lowest BCUT2D eigenvalue weighted by atomic mass is 10.1. The number of ether oxygens (including phenoxy) is 1. The highest BCUT2D eigenvalue weighted by atomic mass is 79.9. The smallest absolute Gasteiger partial charge is 0.354 e. The Morgan fingerprint density at radius 3 is 2.61 bits per heavy atom. The number of anilines is 1. The number of nitrogens with zero attached hydrogens (tertiary/aromatic N) is 3. The molecule has 2 heterocycles. The molecule has 0 aromatic carbocycles. The number of nitrogens with two attached hydrogens (primary N) is 1. The van der Waals surface area contributed by atoms with Crippen LogP contribution < -0.4 is 11.4 Å². The van der Waals surface area contributed by atoms with Gasteiger partial charge in [-0.05, 0) is 0 Å². The van der Waals surface area contributed by atoms with Crippen LogP contribution in [0.25, 0.3) is 0 Å². The van der Waals surface area contributed by atoms with E-state index in [0.29, 0.717) is 0 Å². The first-order valence-corrected chi connectivity index (χ1v) is 4.87. The first-order valence-electron chi connectivity index (χ1n) is 4.87. The zero-order valence-electron chi connectivity index (χ0n) is 9.08. The average Bonchev–Trinajstić information content (AvgIpc) is 2.57. The summed E-state index contributed by atoms with van der Waals surface area (Å²) in [6, 6.07) is 0. The molecule has 0 unspecified atom stereocenters. The molecule has 10 heteroatoms. The van der Waals surface area contributed by atoms with Crippen molar-refractivity contribution in [2.24, 2.45) is 0 Å². The zero-order chi connectivity index (χ0) is 12.6. The Labute approximate surface area is 112 Å². The fourth-order valence-electron chi connectivity index (χ4n) is 1.64. The fourth-order valence-corrected chi connectivity index (χ4v) is 1.64. The molecule has 0 amide bonds. The molecule has 18 heavy (non-hydrogen) atoms. The van der Waals surface area contributed by atoms with Crippen LogP contribution >= 0.6 is 17.0 Å². The van der Waals surface area contributed by atoms with E-state index < -0.39 is 36.8 Å². The van der Waals surface area contributed by atoms with Gasteiger partial charge < -0.3 is 25.8 Å². The van der Waals surface area contributed by atoms with E-state index in [4.69, 9.17) is 15.6 Å². The second-order valence-electron chi connectivity index (χ2n) is 3.63. The van der Waals surface area contributed by atoms with Gasteiger partial charge in [0.05, 0.1) is 6.61 Å². The van der Waals surface area contributed by atoms with Crippen molar-refractivity contribution in [3.8, 4) is 0 Å². The monoisotopic (exact) mass is 324 g/mol. The predicted molar refractivity (Wildman–Crippen MR) is 64.0 cm³/mol. The summed E-state index contributed by atoms with van der Waals surface area (Å²) in [6.45, 7) is -0.473. The second kappa shape index (κ2) is 5.71. The van der Waals surface area contributed by atoms with E-state index >= 15 is 0 Å². The van der Waals surface area contributed by atoms with E-state index in [0.717, 1.165) is 10.9 Å². The van der Waals surface area contributed by atoms with Crippen LogP contribution in [0.3, 0.4) is 0 Å². The Balaban J connectivity index is 0.00000162. The average molecular weight is 325 g/mol. The Morgan fingerprint density at radius 1 is 1.44 bits per heavy atom. The Bertz CT molecular complexity index is 469. The molecule has 0 spiro atoms. The van der Waals surface area contributed by atoms with Crippen molar-refractivity contribution in [1.29, 1.82) is 0 Å². The van der Waals surface area contributed by atoms with Crippen molar-refractivity contribution in [2.45, 2.75) is 24.5 Å². The highest BCUT2D eigenvalue weighted by Gasteiger charge is 2.43. The first-order chi connectivity index (χ1) is 8.04. The summed E-state index contributed by atoms with van der Waals surface area (Å²) in [5.74, 6) is -0.196. The Morgan fingerprint density at radius 2 is 2.11 bits per heavy atom. The molecule has 0 radical (unpaired) electrons. The summed E-state index contributed by atoms with van der Waals surface area (Å²) >= 11 is 0. The third-order valence-corrected chi connectivity index (χ3v) is 2.54. The van der Waals surface area contributed by atoms with E-state index in [9.17, 15) is 15.0 Å². The van der Waals surface area contributed by atoms with Gasteiger partial charge in [0.2, 0.25) is 5.95 Å². The summed E-state index contributed by atoms with van der Waals surface area (Å²) in [7, 11) is 0. The number of hydrogen-bond donors (Lipinski definition) is 4. The van der Waals surface area contributed by atoms with Gasteiger partial charge in [-0.25, -0.2) is 9.78 Å². The molecule has 0 saturated carbocycles. The number of aliphatic hydroxyl groups is 3. The van der Waals surface area contributed by atoms with E-state index in [1.165, 1.54) is 0 Å². The lowest BCUT2D eigenvalue weighted by molar-refractivity contribution is -0.0554. The maximum atomic E-state index is 11.5. The molecule has 2 rings (SSSR count). The van der Waals surface area contributed by atoms with Gasteiger partial charge >= 0.3 is 5.69 Å². The molecule has 1 aliphatic heterocycles. The lowest BCUT2D eigenvalue weighted by Gasteiger charge is -2.16. The molecule has 1 aromatic heterocycles. The minimum Gasteiger partial charge on any atom is -0.394 e. The molecule has 9 nitrogen and oxygen atoms in total. The maximum Gasteiger partial charge on any atom is 0.354 e. The number of halogens is 1. The SMILES string of the molecule is Br.Nc1ncn([C@@H]2O[C@H](CO)[C@@H](O)[C@H]2O)c(=O)n1. The standard InChI is InChI=1S/C8H12N4O5.BrH/c9-7-10-2-12(8(16)11-7)6-5(15)4(14)3(1-13)17-6;/h2-6,13-15H,1H2,(H2,9,11,16);1H/t3-,4-,5-,6-;/m1./s1. The van der Waals surface area contributed by atoms with Crippen LogP contribution in [-0.2, 0) is 4.74 Å². The van der Waals surface area contributed by atoms with Crippen LogP contribution in [0.2, 0.25) is 0 Å². The van der Waals surface area contributed by atoms with Crippen molar-refractivity contribution in [1.82, 2.24) is 14.5 Å². The lowest BCUT2D eigenvalue weighted by Crippen LogP contribution is -2.36. The quantitative estimate of drug-likeness (QED) is 0.464. The summed E-state index contributed by atoms with van der Waals surface area (Å²) in [5, 5.41) is 28.1. The van der Waals surface area contributed by atoms with E-state index in [2.05, 4.69) is 9.97 Å². The van der Waals surface area contributed by atoms with Gasteiger partial charge in [0.1, 0.15) is 24.6 Å². The molecule has 0 bridgehead atoms. The van der Waals surface area contributed by atoms with Crippen LogP contribution in [0.1, 0.15) is 6.23 Å². The van der Waals surface area contributed by atoms with Crippen LogP contribution in [0, 0.1) is 0 Å². The van der Waals surface area contributed by atoms with Crippen molar-refractivity contribution in [3.63, 3.8) is 0 Å². The molecule has 4 atom stereocenters. The van der Waals surface area contributed by atoms with Gasteiger partial charge in [-0.15, -0.1) is 17.0 Å². The fraction of sp³-hybridized carbons (Fsp3) is 0.625. The van der Waals surface area contributed by atoms with Crippen molar-refractivity contribution < 1.29 is 20.1 Å². The number of rotatable bonds is 2. The molecular formula is C8H13BrN4O5. The molecular weight excluding hydrogens is 312 g/mol. The normalized spacial score (nSPS) is 31.1. The first kappa shape index (κ1) is 15.0. The number of aliphatic hydroxyl groups excluding tert-OH is 3. The maximum absolute atomic E-state index is 11.5. The van der Waals surface area contributed by atoms with E-state index in [-0.39, 0.29) is 22.9 Å². The summed E-state index contributed by atoms with van der Waals surface area (Å²) in [6.07, 6.45) is -3.67. The molecule has 102 valence electrons. The third-order valence-electron chi connectivity index (χ3n) is 2.54. The molecule has 0 aliphatic carbocycles. The van der Waals surface area contributed by atoms with Crippen molar-refractivity contribution in [2.75, 3.05) is 12.3 Å². The van der Waals surface area contributed by atoms with E-state index in [1.54, 1.807) is 0 Å². The summed E-state index contributed by atoms with van der Waals surface area (Å²) in [4.78, 5) is 18.4. The van der Waals surface area contributed by atoms with Crippen LogP contribution in [0.15, 0.2) is 11.1 Å². The van der Waals surface area contributed by atoms with Gasteiger partial charge in [-0.1, -0.05) is 0 Å². The van der Waals surface area contributed by atoms with Gasteiger partial charge in [0.15, 0.2) is 6.23 Å². The van der Waals surface area contributed by atoms with Gasteiger partial charge in [-0.3, -0.25) is 4.57 Å².